The molecule has 0 spiro atoms. The molecule has 3 atom stereocenters. The van der Waals surface area contributed by atoms with Crippen molar-refractivity contribution in [2.45, 2.75) is 25.3 Å². The summed E-state index contributed by atoms with van der Waals surface area (Å²) in [6.07, 6.45) is 3.29. The number of nitrogens with zero attached hydrogens (tertiary/aromatic N) is 1. The molecule has 0 aromatic heterocycles. The Kier molecular flexibility index (Phi) is 4.03. The minimum Gasteiger partial charge on any atom is -0.353 e. The zero-order chi connectivity index (χ0) is 16.5. The number of benzene rings is 2. The maximum atomic E-state index is 5.42. The van der Waals surface area contributed by atoms with Gasteiger partial charge >= 0.3 is 0 Å². The first-order valence-corrected chi connectivity index (χ1v) is 8.79. The molecule has 3 heteroatoms. The Bertz CT molecular complexity index is 808. The van der Waals surface area contributed by atoms with Gasteiger partial charge in [0.2, 0.25) is 0 Å². The van der Waals surface area contributed by atoms with Gasteiger partial charge in [-0.05, 0) is 48.7 Å². The van der Waals surface area contributed by atoms with E-state index < -0.39 is 0 Å². The van der Waals surface area contributed by atoms with Crippen LogP contribution in [0.15, 0.2) is 77.3 Å². The van der Waals surface area contributed by atoms with Crippen LogP contribution in [0.4, 0.5) is 0 Å². The van der Waals surface area contributed by atoms with E-state index in [1.54, 1.807) is 0 Å². The Morgan fingerprint density at radius 1 is 0.958 bits per heavy atom. The van der Waals surface area contributed by atoms with E-state index in [2.05, 4.69) is 84.0 Å². The van der Waals surface area contributed by atoms with Gasteiger partial charge in [0, 0.05) is 11.6 Å². The van der Waals surface area contributed by atoms with Gasteiger partial charge < -0.3 is 5.32 Å². The minimum atomic E-state index is 0.167. The van der Waals surface area contributed by atoms with Gasteiger partial charge in [0.15, 0.2) is 5.11 Å². The van der Waals surface area contributed by atoms with Crippen LogP contribution in [-0.4, -0.2) is 10.8 Å². The number of nitrogens with one attached hydrogen (secondary N) is 1. The van der Waals surface area contributed by atoms with Crippen LogP contribution in [0.3, 0.4) is 0 Å². The fraction of sp³-hybridized carbons (Fsp3) is 0.238. The maximum absolute atomic E-state index is 5.42. The standard InChI is InChI=1S/C21H20N2S/c1-14-12-17(15-8-4-2-5-9-15)19-18(13-14)22-21(24)23-20(19)16-10-6-3-7-11-16/h2-11,13,17,19-20H,12H2,1H3,(H,23,24). The van der Waals surface area contributed by atoms with Gasteiger partial charge in [-0.3, -0.25) is 0 Å². The third-order valence-corrected chi connectivity index (χ3v) is 5.18. The van der Waals surface area contributed by atoms with Gasteiger partial charge in [0.1, 0.15) is 0 Å². The largest absolute Gasteiger partial charge is 0.353 e. The van der Waals surface area contributed by atoms with E-state index in [9.17, 15) is 0 Å². The molecule has 0 radical (unpaired) electrons. The maximum Gasteiger partial charge on any atom is 0.193 e. The summed E-state index contributed by atoms with van der Waals surface area (Å²) in [6.45, 7) is 2.19. The summed E-state index contributed by atoms with van der Waals surface area (Å²) >= 11 is 5.42. The van der Waals surface area contributed by atoms with Gasteiger partial charge in [0.25, 0.3) is 0 Å². The van der Waals surface area contributed by atoms with E-state index in [1.165, 1.54) is 16.7 Å². The number of hydrogen-bond acceptors (Lipinski definition) is 1. The van der Waals surface area contributed by atoms with Crippen LogP contribution in [0.1, 0.15) is 36.4 Å². The minimum absolute atomic E-state index is 0.167. The highest BCUT2D eigenvalue weighted by Crippen LogP contribution is 2.44. The van der Waals surface area contributed by atoms with E-state index in [0.29, 0.717) is 16.9 Å². The molecule has 24 heavy (non-hydrogen) atoms. The van der Waals surface area contributed by atoms with Crippen LogP contribution in [0.5, 0.6) is 0 Å². The zero-order valence-electron chi connectivity index (χ0n) is 13.6. The van der Waals surface area contributed by atoms with Crippen LogP contribution < -0.4 is 5.32 Å². The lowest BCUT2D eigenvalue weighted by Crippen LogP contribution is -2.44. The first-order chi connectivity index (χ1) is 11.7. The molecular weight excluding hydrogens is 312 g/mol. The van der Waals surface area contributed by atoms with E-state index in [0.717, 1.165) is 12.1 Å². The van der Waals surface area contributed by atoms with Crippen molar-refractivity contribution in [2.24, 2.45) is 10.9 Å². The summed E-state index contributed by atoms with van der Waals surface area (Å²) in [7, 11) is 0. The van der Waals surface area contributed by atoms with Crippen LogP contribution in [-0.2, 0) is 0 Å². The SMILES string of the molecule is CC1=CC2=NC(=S)NC(c3ccccc3)C2C(c2ccccc2)C1. The van der Waals surface area contributed by atoms with Crippen molar-refractivity contribution < 1.29 is 0 Å². The second-order valence-corrected chi connectivity index (χ2v) is 7.00. The molecule has 2 aliphatic rings. The summed E-state index contributed by atoms with van der Waals surface area (Å²) in [4.78, 5) is 4.67. The smallest absolute Gasteiger partial charge is 0.193 e. The molecule has 2 aromatic rings. The summed E-state index contributed by atoms with van der Waals surface area (Å²) in [5, 5.41) is 4.05. The van der Waals surface area contributed by atoms with Crippen molar-refractivity contribution in [1.29, 1.82) is 0 Å². The number of fused-ring (bicyclic) bond motifs is 1. The third kappa shape index (κ3) is 2.80. The van der Waals surface area contributed by atoms with E-state index >= 15 is 0 Å². The second-order valence-electron chi connectivity index (χ2n) is 6.61. The van der Waals surface area contributed by atoms with Crippen LogP contribution in [0.25, 0.3) is 0 Å². The van der Waals surface area contributed by atoms with E-state index in [4.69, 9.17) is 12.2 Å². The highest BCUT2D eigenvalue weighted by molar-refractivity contribution is 7.80. The van der Waals surface area contributed by atoms with E-state index in [1.807, 2.05) is 0 Å². The van der Waals surface area contributed by atoms with Gasteiger partial charge in [-0.25, -0.2) is 4.99 Å². The Morgan fingerprint density at radius 3 is 2.25 bits per heavy atom. The quantitative estimate of drug-likeness (QED) is 0.798. The Labute approximate surface area is 148 Å². The molecule has 0 fully saturated rings. The first-order valence-electron chi connectivity index (χ1n) is 8.38. The lowest BCUT2D eigenvalue weighted by atomic mass is 9.69. The molecule has 2 aromatic carbocycles. The number of rotatable bonds is 2. The fourth-order valence-corrected chi connectivity index (χ4v) is 4.18. The number of aliphatic imine (C=N–C) groups is 1. The molecule has 0 saturated carbocycles. The second kappa shape index (κ2) is 6.33. The number of allylic oxidation sites excluding steroid dienone is 2. The van der Waals surface area contributed by atoms with E-state index in [-0.39, 0.29) is 6.04 Å². The van der Waals surface area contributed by atoms with Crippen molar-refractivity contribution in [2.75, 3.05) is 0 Å². The average molecular weight is 332 g/mol. The normalized spacial score (nSPS) is 26.0. The van der Waals surface area contributed by atoms with Crippen molar-refractivity contribution in [3.8, 4) is 0 Å². The summed E-state index contributed by atoms with van der Waals surface area (Å²) < 4.78 is 0. The predicted molar refractivity (Wildman–Crippen MR) is 103 cm³/mol. The monoisotopic (exact) mass is 332 g/mol. The molecule has 1 aliphatic carbocycles. The topological polar surface area (TPSA) is 24.4 Å². The predicted octanol–water partition coefficient (Wildman–Crippen LogP) is 4.81. The lowest BCUT2D eigenvalue weighted by Gasteiger charge is -2.40. The van der Waals surface area contributed by atoms with Crippen LogP contribution in [0.2, 0.25) is 0 Å². The Hall–Kier alpha value is -2.26. The van der Waals surface area contributed by atoms with Crippen LogP contribution >= 0.6 is 12.2 Å². The molecular formula is C21H20N2S. The Morgan fingerprint density at radius 2 is 1.58 bits per heavy atom. The van der Waals surface area contributed by atoms with Gasteiger partial charge in [-0.1, -0.05) is 66.2 Å². The number of hydrogen-bond donors (Lipinski definition) is 1. The number of thiocarbonyl (C=S) groups is 1. The molecule has 1 heterocycles. The van der Waals surface area contributed by atoms with Gasteiger partial charge in [0.05, 0.1) is 6.04 Å². The highest BCUT2D eigenvalue weighted by Gasteiger charge is 2.40. The molecule has 1 N–H and O–H groups in total. The molecule has 0 bridgehead atoms. The van der Waals surface area contributed by atoms with Crippen molar-refractivity contribution in [3.63, 3.8) is 0 Å². The van der Waals surface area contributed by atoms with Crippen molar-refractivity contribution in [1.82, 2.24) is 5.32 Å². The molecule has 0 amide bonds. The lowest BCUT2D eigenvalue weighted by molar-refractivity contribution is 0.410. The fourth-order valence-electron chi connectivity index (χ4n) is 3.95. The first kappa shape index (κ1) is 15.3. The van der Waals surface area contributed by atoms with Gasteiger partial charge in [-0.15, -0.1) is 0 Å². The third-order valence-electron chi connectivity index (χ3n) is 4.97. The summed E-state index contributed by atoms with van der Waals surface area (Å²) in [6, 6.07) is 21.5. The summed E-state index contributed by atoms with van der Waals surface area (Å²) in [5.41, 5.74) is 5.13. The molecule has 3 unspecified atom stereocenters. The molecule has 2 nitrogen and oxygen atoms in total. The zero-order valence-corrected chi connectivity index (χ0v) is 14.5. The van der Waals surface area contributed by atoms with Crippen molar-refractivity contribution in [3.05, 3.63) is 83.4 Å². The van der Waals surface area contributed by atoms with Crippen molar-refractivity contribution >= 4 is 23.0 Å². The molecule has 0 saturated heterocycles. The Balaban J connectivity index is 1.83. The molecule has 4 rings (SSSR count). The average Bonchev–Trinajstić information content (AvgIpc) is 2.61. The summed E-state index contributed by atoms with van der Waals surface area (Å²) in [5.74, 6) is 0.709. The molecule has 120 valence electrons. The van der Waals surface area contributed by atoms with Crippen LogP contribution in [0, 0.1) is 5.92 Å². The molecule has 1 aliphatic heterocycles. The van der Waals surface area contributed by atoms with Gasteiger partial charge in [-0.2, -0.15) is 0 Å². The highest BCUT2D eigenvalue weighted by atomic mass is 32.1.